The van der Waals surface area contributed by atoms with E-state index in [0.29, 0.717) is 36.3 Å². The van der Waals surface area contributed by atoms with E-state index in [1.807, 2.05) is 7.05 Å². The van der Waals surface area contributed by atoms with Gasteiger partial charge >= 0.3 is 0 Å². The number of hydrogen-bond donors (Lipinski definition) is 2. The van der Waals surface area contributed by atoms with Gasteiger partial charge in [0.2, 0.25) is 11.8 Å². The summed E-state index contributed by atoms with van der Waals surface area (Å²) in [5.41, 5.74) is -0.221. The predicted octanol–water partition coefficient (Wildman–Crippen LogP) is 4.80. The molecule has 2 saturated heterocycles. The third-order valence-electron chi connectivity index (χ3n) is 8.08. The van der Waals surface area contributed by atoms with E-state index in [0.717, 1.165) is 13.1 Å². The van der Waals surface area contributed by atoms with Crippen molar-refractivity contribution in [2.45, 2.75) is 50.6 Å². The first kappa shape index (κ1) is 27.3. The summed E-state index contributed by atoms with van der Waals surface area (Å²) in [4.78, 5) is 32.2. The lowest BCUT2D eigenvalue weighted by Crippen LogP contribution is -2.53. The molecule has 6 nitrogen and oxygen atoms in total. The predicted molar refractivity (Wildman–Crippen MR) is 145 cm³/mol. The number of hydrogen-bond acceptors (Lipinski definition) is 4. The second-order valence-electron chi connectivity index (χ2n) is 11.9. The number of likely N-dealkylation sites (N-methyl/N-ethyl adjacent to an activating group) is 1. The Labute approximate surface area is 231 Å². The molecule has 3 heterocycles. The summed E-state index contributed by atoms with van der Waals surface area (Å²) in [6, 6.07) is 5.66. The minimum Gasteiger partial charge on any atom is -0.339 e. The molecule has 4 atom stereocenters. The fourth-order valence-electron chi connectivity index (χ4n) is 6.35. The molecule has 38 heavy (non-hydrogen) atoms. The minimum atomic E-state index is -1.36. The molecule has 10 heteroatoms. The molecule has 2 aromatic carbocycles. The van der Waals surface area contributed by atoms with Crippen molar-refractivity contribution in [2.24, 2.45) is 5.41 Å². The van der Waals surface area contributed by atoms with E-state index in [1.165, 1.54) is 24.3 Å². The van der Waals surface area contributed by atoms with Crippen LogP contribution in [0.15, 0.2) is 30.3 Å². The fraction of sp³-hybridized carbons (Fsp3) is 0.500. The third-order valence-corrected chi connectivity index (χ3v) is 8.66. The van der Waals surface area contributed by atoms with Gasteiger partial charge in [0.15, 0.2) is 0 Å². The number of nitrogens with one attached hydrogen (secondary N) is 2. The van der Waals surface area contributed by atoms with Gasteiger partial charge in [0.05, 0.1) is 16.1 Å². The first-order chi connectivity index (χ1) is 17.8. The van der Waals surface area contributed by atoms with Crippen LogP contribution >= 0.6 is 23.2 Å². The van der Waals surface area contributed by atoms with Gasteiger partial charge in [0, 0.05) is 43.8 Å². The van der Waals surface area contributed by atoms with Gasteiger partial charge in [-0.25, -0.2) is 8.78 Å². The Morgan fingerprint density at radius 2 is 1.71 bits per heavy atom. The average Bonchev–Trinajstić information content (AvgIpc) is 3.30. The molecule has 5 rings (SSSR count). The summed E-state index contributed by atoms with van der Waals surface area (Å²) >= 11 is 12.3. The van der Waals surface area contributed by atoms with Gasteiger partial charge in [-0.3, -0.25) is 9.59 Å². The van der Waals surface area contributed by atoms with Crippen molar-refractivity contribution in [1.82, 2.24) is 15.1 Å². The molecule has 1 spiro atoms. The highest BCUT2D eigenvalue weighted by atomic mass is 35.5. The lowest BCUT2D eigenvalue weighted by Gasteiger charge is -2.38. The number of fused-ring (bicyclic) bond motifs is 2. The van der Waals surface area contributed by atoms with Crippen LogP contribution < -0.4 is 10.6 Å². The Kier molecular flexibility index (Phi) is 7.00. The van der Waals surface area contributed by atoms with Crippen LogP contribution in [0.2, 0.25) is 10.0 Å². The fourth-order valence-corrected chi connectivity index (χ4v) is 6.70. The topological polar surface area (TPSA) is 64.7 Å². The largest absolute Gasteiger partial charge is 0.339 e. The molecule has 0 aliphatic carbocycles. The lowest BCUT2D eigenvalue weighted by molar-refractivity contribution is -0.135. The number of amides is 2. The second kappa shape index (κ2) is 9.73. The zero-order valence-corrected chi connectivity index (χ0v) is 23.4. The normalized spacial score (nSPS) is 27.6. The highest BCUT2D eigenvalue weighted by Crippen LogP contribution is 2.57. The van der Waals surface area contributed by atoms with Gasteiger partial charge in [-0.1, -0.05) is 50.0 Å². The zero-order valence-electron chi connectivity index (χ0n) is 21.9. The highest BCUT2D eigenvalue weighted by Gasteiger charge is 2.66. The molecule has 2 aromatic rings. The molecule has 2 fully saturated rings. The first-order valence-electron chi connectivity index (χ1n) is 12.8. The quantitative estimate of drug-likeness (QED) is 0.562. The standard InChI is InChI=1S/C28H32Cl2F2N4O2/c1-27(2,3)14-22-28(16-12-20(32)18(30)13-21(16)33-26(28)38)23(15-5-6-19(31)17(29)11-15)24(34-22)25(37)36-9-7-35(4)8-10-36/h5-6,11-13,22-24,34H,7-10,14H2,1-4H3,(H,33,38). The van der Waals surface area contributed by atoms with Gasteiger partial charge < -0.3 is 20.4 Å². The zero-order chi connectivity index (χ0) is 27.6. The van der Waals surface area contributed by atoms with Crippen molar-refractivity contribution in [2.75, 3.05) is 38.5 Å². The van der Waals surface area contributed by atoms with E-state index in [2.05, 4.69) is 36.3 Å². The maximum atomic E-state index is 15.0. The molecule has 0 saturated carbocycles. The van der Waals surface area contributed by atoms with E-state index in [-0.39, 0.29) is 27.3 Å². The molecule has 3 aliphatic heterocycles. The van der Waals surface area contributed by atoms with E-state index < -0.39 is 35.1 Å². The van der Waals surface area contributed by atoms with Gasteiger partial charge in [0.1, 0.15) is 17.0 Å². The Morgan fingerprint density at radius 3 is 2.34 bits per heavy atom. The van der Waals surface area contributed by atoms with E-state index >= 15 is 0 Å². The van der Waals surface area contributed by atoms with Crippen LogP contribution in [0.25, 0.3) is 0 Å². The Hall–Kier alpha value is -2.26. The summed E-state index contributed by atoms with van der Waals surface area (Å²) < 4.78 is 29.3. The maximum Gasteiger partial charge on any atom is 0.240 e. The number of nitrogens with zero attached hydrogens (tertiary/aromatic N) is 2. The number of carbonyl (C=O) groups excluding carboxylic acids is 2. The lowest BCUT2D eigenvalue weighted by atomic mass is 9.62. The number of anilines is 1. The van der Waals surface area contributed by atoms with Crippen molar-refractivity contribution < 1.29 is 18.4 Å². The second-order valence-corrected chi connectivity index (χ2v) is 12.7. The molecule has 0 radical (unpaired) electrons. The minimum absolute atomic E-state index is 0.106. The average molecular weight is 565 g/mol. The molecule has 0 bridgehead atoms. The number of benzene rings is 2. The molecular weight excluding hydrogens is 533 g/mol. The Bertz CT molecular complexity index is 1290. The molecular formula is C28H32Cl2F2N4O2. The van der Waals surface area contributed by atoms with Crippen molar-refractivity contribution in [3.05, 3.63) is 63.1 Å². The summed E-state index contributed by atoms with van der Waals surface area (Å²) in [5, 5.41) is 6.22. The summed E-state index contributed by atoms with van der Waals surface area (Å²) in [6.07, 6.45) is 0.516. The Morgan fingerprint density at radius 1 is 1.05 bits per heavy atom. The number of carbonyl (C=O) groups is 2. The summed E-state index contributed by atoms with van der Waals surface area (Å²) in [7, 11) is 2.01. The van der Waals surface area contributed by atoms with E-state index in [1.54, 1.807) is 11.0 Å². The number of piperazine rings is 1. The Balaban J connectivity index is 1.73. The van der Waals surface area contributed by atoms with Crippen molar-refractivity contribution in [3.8, 4) is 0 Å². The van der Waals surface area contributed by atoms with Crippen molar-refractivity contribution in [1.29, 1.82) is 0 Å². The number of rotatable bonds is 3. The molecule has 204 valence electrons. The third kappa shape index (κ3) is 4.49. The highest BCUT2D eigenvalue weighted by molar-refractivity contribution is 6.31. The van der Waals surface area contributed by atoms with Crippen LogP contribution in [0, 0.1) is 17.0 Å². The van der Waals surface area contributed by atoms with Gasteiger partial charge in [0.25, 0.3) is 0 Å². The molecule has 2 amide bonds. The SMILES string of the molecule is CN1CCN(C(=O)C2NC(CC(C)(C)C)C3(C(=O)Nc4cc(Cl)c(F)cc43)C2c2ccc(F)c(Cl)c2)CC1. The van der Waals surface area contributed by atoms with Crippen LogP contribution in [-0.2, 0) is 15.0 Å². The van der Waals surface area contributed by atoms with Crippen LogP contribution in [0.1, 0.15) is 44.2 Å². The van der Waals surface area contributed by atoms with Crippen LogP contribution in [0.5, 0.6) is 0 Å². The van der Waals surface area contributed by atoms with Crippen LogP contribution in [0.4, 0.5) is 14.5 Å². The maximum absolute atomic E-state index is 15.0. The summed E-state index contributed by atoms with van der Waals surface area (Å²) in [6.45, 7) is 8.72. The molecule has 0 aromatic heterocycles. The van der Waals surface area contributed by atoms with Crippen LogP contribution in [0.3, 0.4) is 0 Å². The number of halogens is 4. The van der Waals surface area contributed by atoms with E-state index in [9.17, 15) is 18.4 Å². The molecule has 3 aliphatic rings. The van der Waals surface area contributed by atoms with E-state index in [4.69, 9.17) is 23.2 Å². The first-order valence-corrected chi connectivity index (χ1v) is 13.6. The van der Waals surface area contributed by atoms with Crippen LogP contribution in [-0.4, -0.2) is 66.9 Å². The van der Waals surface area contributed by atoms with Gasteiger partial charge in [-0.2, -0.15) is 0 Å². The molecule has 2 N–H and O–H groups in total. The van der Waals surface area contributed by atoms with Gasteiger partial charge in [-0.05, 0) is 54.3 Å². The smallest absolute Gasteiger partial charge is 0.240 e. The van der Waals surface area contributed by atoms with Crippen molar-refractivity contribution in [3.63, 3.8) is 0 Å². The monoisotopic (exact) mass is 564 g/mol. The molecule has 4 unspecified atom stereocenters. The van der Waals surface area contributed by atoms with Gasteiger partial charge in [-0.15, -0.1) is 0 Å². The summed E-state index contributed by atoms with van der Waals surface area (Å²) in [5.74, 6) is -2.52. The van der Waals surface area contributed by atoms with Crippen molar-refractivity contribution >= 4 is 40.7 Å².